The molecule has 0 atom stereocenters. The highest BCUT2D eigenvalue weighted by Gasteiger charge is 2.42. The molecule has 0 bridgehead atoms. The zero-order valence-corrected chi connectivity index (χ0v) is 19.0. The van der Waals surface area contributed by atoms with Gasteiger partial charge in [0, 0.05) is 38.6 Å². The van der Waals surface area contributed by atoms with Gasteiger partial charge in [-0.3, -0.25) is 14.4 Å². The molecule has 4 rings (SSSR count). The van der Waals surface area contributed by atoms with Crippen LogP contribution in [0.1, 0.15) is 41.3 Å². The summed E-state index contributed by atoms with van der Waals surface area (Å²) >= 11 is 3.02. The topological polar surface area (TPSA) is 41.4 Å². The van der Waals surface area contributed by atoms with Gasteiger partial charge in [0.15, 0.2) is 5.69 Å². The Labute approximate surface area is 194 Å². The van der Waals surface area contributed by atoms with Crippen LogP contribution in [-0.2, 0) is 30.2 Å². The van der Waals surface area contributed by atoms with E-state index in [0.29, 0.717) is 44.0 Å². The molecule has 0 N–H and O–H groups in total. The molecule has 1 saturated carbocycles. The molecule has 180 valence electrons. The standard InChI is InChI=1S/C21H21BrF6N4O/c22-17-18(14-4-5-14)32(29-19(17)21(26,27)28)12-16(33)31-8-6-30(7-9-31)11-13-2-1-3-15(10-13)20(23,24)25/h1-3,10,14H,4-9,11-12H2. The molecule has 1 aromatic carbocycles. The van der Waals surface area contributed by atoms with E-state index in [2.05, 4.69) is 21.0 Å². The monoisotopic (exact) mass is 538 g/mol. The van der Waals surface area contributed by atoms with E-state index in [1.807, 2.05) is 4.90 Å². The SMILES string of the molecule is O=C(Cn1nc(C(F)(F)F)c(Br)c1C1CC1)N1CCN(Cc2cccc(C(F)(F)F)c2)CC1. The number of benzene rings is 1. The molecule has 1 aliphatic carbocycles. The Morgan fingerprint density at radius 2 is 1.70 bits per heavy atom. The number of hydrogen-bond donors (Lipinski definition) is 0. The Kier molecular flexibility index (Phi) is 6.51. The highest BCUT2D eigenvalue weighted by atomic mass is 79.9. The van der Waals surface area contributed by atoms with Crippen molar-refractivity contribution >= 4 is 21.8 Å². The number of hydrogen-bond acceptors (Lipinski definition) is 3. The van der Waals surface area contributed by atoms with E-state index in [0.717, 1.165) is 29.7 Å². The summed E-state index contributed by atoms with van der Waals surface area (Å²) in [4.78, 5) is 16.3. The second-order valence-corrected chi connectivity index (χ2v) is 9.13. The second-order valence-electron chi connectivity index (χ2n) is 8.33. The van der Waals surface area contributed by atoms with E-state index in [9.17, 15) is 31.1 Å². The molecule has 0 unspecified atom stereocenters. The normalized spacial score (nSPS) is 18.1. The summed E-state index contributed by atoms with van der Waals surface area (Å²) in [5.41, 5.74) is -0.800. The number of nitrogens with zero attached hydrogens (tertiary/aromatic N) is 4. The Morgan fingerprint density at radius 1 is 1.03 bits per heavy atom. The molecule has 0 spiro atoms. The van der Waals surface area contributed by atoms with Crippen LogP contribution < -0.4 is 0 Å². The minimum absolute atomic E-state index is 0.0416. The van der Waals surface area contributed by atoms with Crippen LogP contribution in [0.2, 0.25) is 0 Å². The number of amides is 1. The summed E-state index contributed by atoms with van der Waals surface area (Å²) in [6.07, 6.45) is -7.52. The van der Waals surface area contributed by atoms with Crippen LogP contribution in [-0.4, -0.2) is 51.7 Å². The first-order chi connectivity index (χ1) is 15.4. The van der Waals surface area contributed by atoms with Crippen LogP contribution in [0.5, 0.6) is 0 Å². The van der Waals surface area contributed by atoms with Gasteiger partial charge in [0.05, 0.1) is 15.7 Å². The van der Waals surface area contributed by atoms with Crippen molar-refractivity contribution in [1.29, 1.82) is 0 Å². The Balaban J connectivity index is 1.37. The van der Waals surface area contributed by atoms with Crippen LogP contribution in [0.15, 0.2) is 28.7 Å². The van der Waals surface area contributed by atoms with Gasteiger partial charge in [-0.05, 0) is 40.4 Å². The fraction of sp³-hybridized carbons (Fsp3) is 0.524. The van der Waals surface area contributed by atoms with Crippen molar-refractivity contribution in [2.45, 2.75) is 44.2 Å². The molecule has 2 heterocycles. The zero-order valence-electron chi connectivity index (χ0n) is 17.4. The van der Waals surface area contributed by atoms with Crippen LogP contribution in [0.4, 0.5) is 26.3 Å². The molecule has 1 aliphatic heterocycles. The first-order valence-corrected chi connectivity index (χ1v) is 11.2. The molecule has 2 aromatic rings. The van der Waals surface area contributed by atoms with Crippen molar-refractivity contribution in [1.82, 2.24) is 19.6 Å². The Hall–Kier alpha value is -2.08. The van der Waals surface area contributed by atoms with Gasteiger partial charge < -0.3 is 4.90 Å². The van der Waals surface area contributed by atoms with Crippen molar-refractivity contribution in [3.8, 4) is 0 Å². The highest BCUT2D eigenvalue weighted by Crippen LogP contribution is 2.47. The van der Waals surface area contributed by atoms with Gasteiger partial charge >= 0.3 is 12.4 Å². The lowest BCUT2D eigenvalue weighted by Crippen LogP contribution is -2.49. The second kappa shape index (κ2) is 8.94. The minimum Gasteiger partial charge on any atom is -0.339 e. The van der Waals surface area contributed by atoms with Crippen LogP contribution in [0.25, 0.3) is 0 Å². The molecule has 5 nitrogen and oxygen atoms in total. The zero-order chi connectivity index (χ0) is 24.0. The fourth-order valence-corrected chi connectivity index (χ4v) is 4.82. The van der Waals surface area contributed by atoms with Gasteiger partial charge in [-0.15, -0.1) is 0 Å². The van der Waals surface area contributed by atoms with Gasteiger partial charge in [-0.1, -0.05) is 18.2 Å². The summed E-state index contributed by atoms with van der Waals surface area (Å²) in [7, 11) is 0. The van der Waals surface area contributed by atoms with Gasteiger partial charge in [0.2, 0.25) is 5.91 Å². The first kappa shape index (κ1) is 24.1. The quantitative estimate of drug-likeness (QED) is 0.508. The number of carbonyl (C=O) groups excluding carboxylic acids is 1. The number of rotatable bonds is 5. The molecule has 2 aliphatic rings. The molecule has 12 heteroatoms. The van der Waals surface area contributed by atoms with Crippen molar-refractivity contribution in [3.05, 3.63) is 51.3 Å². The third-order valence-corrected chi connectivity index (χ3v) is 6.62. The number of piperazine rings is 1. The Bertz CT molecular complexity index is 1020. The number of carbonyl (C=O) groups is 1. The lowest BCUT2D eigenvalue weighted by molar-refractivity contribution is -0.142. The summed E-state index contributed by atoms with van der Waals surface area (Å²) < 4.78 is 79.6. The maximum Gasteiger partial charge on any atom is 0.436 e. The van der Waals surface area contributed by atoms with E-state index in [4.69, 9.17) is 0 Å². The average Bonchev–Trinajstić information content (AvgIpc) is 3.50. The maximum absolute atomic E-state index is 13.3. The third kappa shape index (κ3) is 5.53. The maximum atomic E-state index is 13.3. The predicted octanol–water partition coefficient (Wildman–Crippen LogP) is 4.91. The van der Waals surface area contributed by atoms with Crippen molar-refractivity contribution < 1.29 is 31.1 Å². The van der Waals surface area contributed by atoms with Gasteiger partial charge in [-0.2, -0.15) is 31.4 Å². The average molecular weight is 539 g/mol. The van der Waals surface area contributed by atoms with E-state index < -0.39 is 23.6 Å². The lowest BCUT2D eigenvalue weighted by atomic mass is 10.1. The van der Waals surface area contributed by atoms with Gasteiger partial charge in [0.25, 0.3) is 0 Å². The largest absolute Gasteiger partial charge is 0.436 e. The molecule has 2 fully saturated rings. The Morgan fingerprint density at radius 3 is 2.27 bits per heavy atom. The fourth-order valence-electron chi connectivity index (χ4n) is 3.99. The van der Waals surface area contributed by atoms with Crippen LogP contribution in [0.3, 0.4) is 0 Å². The molecule has 0 radical (unpaired) electrons. The van der Waals surface area contributed by atoms with E-state index in [1.165, 1.54) is 6.07 Å². The molecule has 1 saturated heterocycles. The number of aromatic nitrogens is 2. The number of alkyl halides is 6. The van der Waals surface area contributed by atoms with Crippen molar-refractivity contribution in [2.75, 3.05) is 26.2 Å². The lowest BCUT2D eigenvalue weighted by Gasteiger charge is -2.35. The molecular weight excluding hydrogens is 518 g/mol. The summed E-state index contributed by atoms with van der Waals surface area (Å²) in [6, 6.07) is 5.13. The highest BCUT2D eigenvalue weighted by molar-refractivity contribution is 9.10. The van der Waals surface area contributed by atoms with E-state index in [1.54, 1.807) is 11.0 Å². The van der Waals surface area contributed by atoms with Crippen LogP contribution >= 0.6 is 15.9 Å². The van der Waals surface area contributed by atoms with E-state index >= 15 is 0 Å². The van der Waals surface area contributed by atoms with Gasteiger partial charge in [0.1, 0.15) is 6.54 Å². The molecule has 33 heavy (non-hydrogen) atoms. The smallest absolute Gasteiger partial charge is 0.339 e. The molecule has 1 aromatic heterocycles. The van der Waals surface area contributed by atoms with Crippen molar-refractivity contribution in [2.24, 2.45) is 0 Å². The van der Waals surface area contributed by atoms with Crippen LogP contribution in [0, 0.1) is 0 Å². The molecular formula is C21H21BrF6N4O. The number of halogens is 7. The van der Waals surface area contributed by atoms with Crippen molar-refractivity contribution in [3.63, 3.8) is 0 Å². The summed E-state index contributed by atoms with van der Waals surface area (Å²) in [5, 5.41) is 3.67. The summed E-state index contributed by atoms with van der Waals surface area (Å²) in [5.74, 6) is -0.376. The van der Waals surface area contributed by atoms with Gasteiger partial charge in [-0.25, -0.2) is 0 Å². The molecule has 1 amide bonds. The predicted molar refractivity (Wildman–Crippen MR) is 110 cm³/mol. The minimum atomic E-state index is -4.62. The third-order valence-electron chi connectivity index (χ3n) is 5.83. The summed E-state index contributed by atoms with van der Waals surface area (Å²) in [6.45, 7) is 1.62. The first-order valence-electron chi connectivity index (χ1n) is 10.4. The van der Waals surface area contributed by atoms with E-state index in [-0.39, 0.29) is 22.8 Å².